The number of rotatable bonds is 7. The molecule has 0 bridgehead atoms. The monoisotopic (exact) mass is 409 g/mol. The van der Waals surface area contributed by atoms with E-state index in [1.165, 1.54) is 11.3 Å². The first kappa shape index (κ1) is 19.8. The summed E-state index contributed by atoms with van der Waals surface area (Å²) in [5, 5.41) is 6.64. The van der Waals surface area contributed by atoms with Gasteiger partial charge in [-0.05, 0) is 44.1 Å². The lowest BCUT2D eigenvalue weighted by Crippen LogP contribution is -2.32. The summed E-state index contributed by atoms with van der Waals surface area (Å²) in [5.74, 6) is 0.301. The van der Waals surface area contributed by atoms with Gasteiger partial charge in [-0.3, -0.25) is 4.79 Å². The van der Waals surface area contributed by atoms with Crippen molar-refractivity contribution in [3.63, 3.8) is 0 Å². The van der Waals surface area contributed by atoms with Crippen LogP contribution < -0.4 is 10.0 Å². The van der Waals surface area contributed by atoms with E-state index in [4.69, 9.17) is 4.52 Å². The van der Waals surface area contributed by atoms with E-state index in [1.54, 1.807) is 38.1 Å². The molecule has 1 amide bonds. The summed E-state index contributed by atoms with van der Waals surface area (Å²) in [6.45, 7) is 3.51. The zero-order chi connectivity index (χ0) is 19.4. The minimum absolute atomic E-state index is 0.0398. The van der Waals surface area contributed by atoms with Gasteiger partial charge in [-0.15, -0.1) is 11.3 Å². The summed E-state index contributed by atoms with van der Waals surface area (Å²) in [6.07, 6.45) is 7.72. The molecule has 0 atom stereocenters. The Kier molecular flexibility index (Phi) is 6.13. The fourth-order valence-corrected chi connectivity index (χ4v) is 5.48. The second kappa shape index (κ2) is 8.37. The standard InChI is InChI=1S/C18H23N3O4S2/c1-3-16(22)19-18-12(2)20-25-15(18)10-8-14-9-11-17(26-14)27(23,24)21-13-6-4-5-7-13/h8-11,13,21H,3-7H2,1-2H3,(H,19,22)/b10-8+. The summed E-state index contributed by atoms with van der Waals surface area (Å²) < 4.78 is 33.3. The first-order chi connectivity index (χ1) is 12.9. The third-order valence-corrected chi connectivity index (χ3v) is 7.48. The number of carbonyl (C=O) groups is 1. The molecule has 0 aliphatic heterocycles. The van der Waals surface area contributed by atoms with Crippen LogP contribution in [-0.2, 0) is 14.8 Å². The van der Waals surface area contributed by atoms with E-state index in [0.717, 1.165) is 30.6 Å². The van der Waals surface area contributed by atoms with Gasteiger partial charge < -0.3 is 9.84 Å². The van der Waals surface area contributed by atoms with E-state index in [-0.39, 0.29) is 11.9 Å². The smallest absolute Gasteiger partial charge is 0.250 e. The van der Waals surface area contributed by atoms with Gasteiger partial charge in [0.25, 0.3) is 0 Å². The fraction of sp³-hybridized carbons (Fsp3) is 0.444. The summed E-state index contributed by atoms with van der Waals surface area (Å²) in [4.78, 5) is 12.4. The van der Waals surface area contributed by atoms with Crippen molar-refractivity contribution in [1.29, 1.82) is 0 Å². The Labute approximate surface area is 162 Å². The quantitative estimate of drug-likeness (QED) is 0.725. The van der Waals surface area contributed by atoms with Crippen LogP contribution in [0.15, 0.2) is 20.9 Å². The predicted octanol–water partition coefficient (Wildman–Crippen LogP) is 3.78. The molecule has 3 rings (SSSR count). The molecule has 1 saturated carbocycles. The Morgan fingerprint density at radius 1 is 1.33 bits per heavy atom. The number of hydrogen-bond donors (Lipinski definition) is 2. The summed E-state index contributed by atoms with van der Waals surface area (Å²) in [6, 6.07) is 3.39. The van der Waals surface area contributed by atoms with E-state index in [0.29, 0.717) is 27.8 Å². The molecular weight excluding hydrogens is 386 g/mol. The molecule has 0 saturated heterocycles. The first-order valence-corrected chi connectivity index (χ1v) is 11.3. The lowest BCUT2D eigenvalue weighted by Gasteiger charge is -2.10. The third kappa shape index (κ3) is 4.85. The van der Waals surface area contributed by atoms with Crippen LogP contribution in [0.3, 0.4) is 0 Å². The number of amides is 1. The normalized spacial score (nSPS) is 15.6. The Morgan fingerprint density at radius 2 is 2.07 bits per heavy atom. The number of carbonyl (C=O) groups excluding carboxylic acids is 1. The van der Waals surface area contributed by atoms with Gasteiger partial charge in [0.1, 0.15) is 15.6 Å². The van der Waals surface area contributed by atoms with Crippen LogP contribution in [0.4, 0.5) is 5.69 Å². The lowest BCUT2D eigenvalue weighted by molar-refractivity contribution is -0.115. The van der Waals surface area contributed by atoms with Crippen molar-refractivity contribution in [3.05, 3.63) is 28.5 Å². The van der Waals surface area contributed by atoms with Crippen molar-refractivity contribution in [2.24, 2.45) is 0 Å². The van der Waals surface area contributed by atoms with Gasteiger partial charge in [-0.25, -0.2) is 13.1 Å². The van der Waals surface area contributed by atoms with E-state index in [1.807, 2.05) is 0 Å². The number of thiophene rings is 1. The van der Waals surface area contributed by atoms with Gasteiger partial charge in [0.05, 0.1) is 0 Å². The van der Waals surface area contributed by atoms with Gasteiger partial charge in [-0.1, -0.05) is 24.9 Å². The number of aromatic nitrogens is 1. The highest BCUT2D eigenvalue weighted by atomic mass is 32.2. The number of sulfonamides is 1. The summed E-state index contributed by atoms with van der Waals surface area (Å²) >= 11 is 1.19. The molecule has 9 heteroatoms. The van der Waals surface area contributed by atoms with Gasteiger partial charge in [0.2, 0.25) is 15.9 Å². The Hall–Kier alpha value is -1.97. The second-order valence-electron chi connectivity index (χ2n) is 6.50. The molecule has 0 radical (unpaired) electrons. The minimum atomic E-state index is -3.49. The van der Waals surface area contributed by atoms with Gasteiger partial charge in [0.15, 0.2) is 5.76 Å². The molecule has 0 aromatic carbocycles. The highest BCUT2D eigenvalue weighted by Gasteiger charge is 2.24. The molecule has 1 aliphatic rings. The maximum Gasteiger partial charge on any atom is 0.250 e. The van der Waals surface area contributed by atoms with E-state index >= 15 is 0 Å². The molecule has 0 unspecified atom stereocenters. The summed E-state index contributed by atoms with van der Waals surface area (Å²) in [7, 11) is -3.49. The molecule has 0 spiro atoms. The van der Waals surface area contributed by atoms with Crippen LogP contribution >= 0.6 is 11.3 Å². The number of nitrogens with zero attached hydrogens (tertiary/aromatic N) is 1. The van der Waals surface area contributed by atoms with E-state index < -0.39 is 10.0 Å². The molecule has 7 nitrogen and oxygen atoms in total. The maximum absolute atomic E-state index is 12.5. The van der Waals surface area contributed by atoms with Crippen molar-refractivity contribution < 1.29 is 17.7 Å². The maximum atomic E-state index is 12.5. The van der Waals surface area contributed by atoms with E-state index in [2.05, 4.69) is 15.2 Å². The van der Waals surface area contributed by atoms with Gasteiger partial charge in [0, 0.05) is 17.3 Å². The number of nitrogens with one attached hydrogen (secondary N) is 2. The van der Waals surface area contributed by atoms with Crippen molar-refractivity contribution in [1.82, 2.24) is 9.88 Å². The number of aryl methyl sites for hydroxylation is 1. The highest BCUT2D eigenvalue weighted by molar-refractivity contribution is 7.91. The Morgan fingerprint density at radius 3 is 2.78 bits per heavy atom. The average molecular weight is 410 g/mol. The molecule has 2 heterocycles. The first-order valence-electron chi connectivity index (χ1n) is 8.95. The zero-order valence-corrected chi connectivity index (χ0v) is 17.0. The SMILES string of the molecule is CCC(=O)Nc1c(C)noc1/C=C/c1ccc(S(=O)(=O)NC2CCCC2)s1. The molecule has 146 valence electrons. The van der Waals surface area contributed by atoms with Crippen LogP contribution in [0.2, 0.25) is 0 Å². The molecule has 2 aromatic heterocycles. The van der Waals surface area contributed by atoms with Crippen molar-refractivity contribution >= 4 is 45.1 Å². The van der Waals surface area contributed by atoms with Gasteiger partial charge in [-0.2, -0.15) is 0 Å². The highest BCUT2D eigenvalue weighted by Crippen LogP contribution is 2.27. The minimum Gasteiger partial charge on any atom is -0.354 e. The second-order valence-corrected chi connectivity index (χ2v) is 9.56. The van der Waals surface area contributed by atoms with Gasteiger partial charge >= 0.3 is 0 Å². The van der Waals surface area contributed by atoms with Crippen molar-refractivity contribution in [2.75, 3.05) is 5.32 Å². The molecule has 1 fully saturated rings. The fourth-order valence-electron chi connectivity index (χ4n) is 2.93. The Bertz CT molecular complexity index is 938. The van der Waals surface area contributed by atoms with E-state index in [9.17, 15) is 13.2 Å². The predicted molar refractivity (Wildman–Crippen MR) is 106 cm³/mol. The largest absolute Gasteiger partial charge is 0.354 e. The topological polar surface area (TPSA) is 101 Å². The van der Waals surface area contributed by atoms with Crippen LogP contribution in [0.5, 0.6) is 0 Å². The lowest BCUT2D eigenvalue weighted by atomic mass is 10.2. The third-order valence-electron chi connectivity index (χ3n) is 4.42. The zero-order valence-electron chi connectivity index (χ0n) is 15.3. The average Bonchev–Trinajstić information content (AvgIpc) is 3.36. The van der Waals surface area contributed by atoms with Crippen molar-refractivity contribution in [2.45, 2.75) is 56.2 Å². The van der Waals surface area contributed by atoms with Crippen LogP contribution in [0.1, 0.15) is 55.4 Å². The molecule has 1 aliphatic carbocycles. The van der Waals surface area contributed by atoms with Crippen molar-refractivity contribution in [3.8, 4) is 0 Å². The summed E-state index contributed by atoms with van der Waals surface area (Å²) in [5.41, 5.74) is 1.12. The molecule has 27 heavy (non-hydrogen) atoms. The number of anilines is 1. The van der Waals surface area contributed by atoms with Crippen LogP contribution in [0, 0.1) is 6.92 Å². The molecule has 2 aromatic rings. The number of hydrogen-bond acceptors (Lipinski definition) is 6. The Balaban J connectivity index is 1.73. The van der Waals surface area contributed by atoms with Crippen LogP contribution in [-0.4, -0.2) is 25.5 Å². The molecule has 2 N–H and O–H groups in total. The molecular formula is C18H23N3O4S2. The van der Waals surface area contributed by atoms with Crippen LogP contribution in [0.25, 0.3) is 12.2 Å².